The van der Waals surface area contributed by atoms with Crippen molar-refractivity contribution in [2.45, 2.75) is 40.2 Å². The number of methoxy groups -OCH3 is 2. The minimum atomic E-state index is -1.10. The molecule has 0 aliphatic carbocycles. The fourth-order valence-electron chi connectivity index (χ4n) is 3.33. The van der Waals surface area contributed by atoms with Crippen LogP contribution in [0.15, 0.2) is 18.2 Å². The normalized spacial score (nSPS) is 14.8. The minimum absolute atomic E-state index is 0.188. The first-order valence-electron chi connectivity index (χ1n) is 9.00. The Balaban J connectivity index is 2.79. The highest BCUT2D eigenvalue weighted by Crippen LogP contribution is 2.34. The molecule has 1 amide bonds. The van der Waals surface area contributed by atoms with Crippen molar-refractivity contribution in [2.75, 3.05) is 20.8 Å². The lowest BCUT2D eigenvalue weighted by atomic mass is 9.71. The van der Waals surface area contributed by atoms with Crippen molar-refractivity contribution in [1.82, 2.24) is 5.32 Å². The summed E-state index contributed by atoms with van der Waals surface area (Å²) in [4.78, 5) is 24.0. The third-order valence-electron chi connectivity index (χ3n) is 4.75. The second kappa shape index (κ2) is 9.60. The van der Waals surface area contributed by atoms with Gasteiger partial charge in [-0.3, -0.25) is 9.59 Å². The molecule has 1 aromatic rings. The van der Waals surface area contributed by atoms with Gasteiger partial charge in [0.1, 0.15) is 6.04 Å². The number of nitrogens with two attached hydrogens (primary N) is 1. The van der Waals surface area contributed by atoms with Crippen molar-refractivity contribution < 1.29 is 24.2 Å². The fraction of sp³-hybridized carbons (Fsp3) is 0.600. The lowest BCUT2D eigenvalue weighted by Crippen LogP contribution is -2.50. The maximum Gasteiger partial charge on any atom is 0.320 e. The number of aliphatic carboxylic acids is 1. The Bertz CT molecular complexity index is 654. The Labute approximate surface area is 161 Å². The van der Waals surface area contributed by atoms with Crippen LogP contribution in [0.2, 0.25) is 0 Å². The van der Waals surface area contributed by atoms with E-state index in [1.807, 2.05) is 39.0 Å². The average Bonchev–Trinajstić information content (AvgIpc) is 2.59. The Morgan fingerprint density at radius 3 is 2.26 bits per heavy atom. The lowest BCUT2D eigenvalue weighted by molar-refractivity contribution is -0.142. The Morgan fingerprint density at radius 2 is 1.78 bits per heavy atom. The van der Waals surface area contributed by atoms with E-state index < -0.39 is 29.3 Å². The number of hydrogen-bond acceptors (Lipinski definition) is 5. The van der Waals surface area contributed by atoms with Gasteiger partial charge in [-0.2, -0.15) is 0 Å². The fourth-order valence-corrected chi connectivity index (χ4v) is 3.33. The van der Waals surface area contributed by atoms with Gasteiger partial charge < -0.3 is 25.6 Å². The zero-order valence-corrected chi connectivity index (χ0v) is 17.0. The molecule has 7 heteroatoms. The van der Waals surface area contributed by atoms with Gasteiger partial charge in [-0.15, -0.1) is 0 Å². The second-order valence-electron chi connectivity index (χ2n) is 7.80. The van der Waals surface area contributed by atoms with E-state index in [1.165, 1.54) is 0 Å². The highest BCUT2D eigenvalue weighted by molar-refractivity contribution is 5.81. The number of nitrogens with one attached hydrogen (secondary N) is 1. The van der Waals surface area contributed by atoms with Crippen LogP contribution in [-0.4, -0.2) is 43.8 Å². The predicted molar refractivity (Wildman–Crippen MR) is 104 cm³/mol. The maximum absolute atomic E-state index is 12.8. The molecule has 1 aromatic carbocycles. The largest absolute Gasteiger partial charge is 0.493 e. The van der Waals surface area contributed by atoms with Gasteiger partial charge >= 0.3 is 5.97 Å². The average molecular weight is 380 g/mol. The predicted octanol–water partition coefficient (Wildman–Crippen LogP) is 2.07. The molecule has 0 aliphatic heterocycles. The standard InChI is InChI=1S/C20H32N2O5/c1-12(17(21)19(24)25)16(20(2,3)4)18(23)22-10-9-13-7-8-14(26-5)15(11-13)27-6/h7-8,11-12,16-17H,9-10,21H2,1-6H3,(H,22,23)(H,24,25). The molecule has 0 radical (unpaired) electrons. The summed E-state index contributed by atoms with van der Waals surface area (Å²) in [5, 5.41) is 12.1. The number of benzene rings is 1. The van der Waals surface area contributed by atoms with E-state index in [1.54, 1.807) is 21.1 Å². The van der Waals surface area contributed by atoms with Gasteiger partial charge in [-0.1, -0.05) is 33.8 Å². The summed E-state index contributed by atoms with van der Waals surface area (Å²) in [6, 6.07) is 4.51. The van der Waals surface area contributed by atoms with Crippen molar-refractivity contribution >= 4 is 11.9 Å². The highest BCUT2D eigenvalue weighted by Gasteiger charge is 2.40. The van der Waals surface area contributed by atoms with E-state index in [9.17, 15) is 14.7 Å². The molecule has 4 N–H and O–H groups in total. The highest BCUT2D eigenvalue weighted by atomic mass is 16.5. The van der Waals surface area contributed by atoms with E-state index in [2.05, 4.69) is 5.32 Å². The van der Waals surface area contributed by atoms with Gasteiger partial charge in [0, 0.05) is 12.5 Å². The number of carbonyl (C=O) groups excluding carboxylic acids is 1. The van der Waals surface area contributed by atoms with Crippen LogP contribution in [0.25, 0.3) is 0 Å². The summed E-state index contributed by atoms with van der Waals surface area (Å²) in [5.41, 5.74) is 6.35. The number of carboxylic acids is 1. The molecule has 0 heterocycles. The van der Waals surface area contributed by atoms with Crippen LogP contribution in [0, 0.1) is 17.3 Å². The number of ether oxygens (including phenoxy) is 2. The number of carbonyl (C=O) groups is 2. The van der Waals surface area contributed by atoms with Gasteiger partial charge in [0.25, 0.3) is 0 Å². The van der Waals surface area contributed by atoms with Crippen LogP contribution >= 0.6 is 0 Å². The SMILES string of the molecule is COc1ccc(CCNC(=O)C(C(C)C(N)C(=O)O)C(C)(C)C)cc1OC. The molecule has 7 nitrogen and oxygen atoms in total. The van der Waals surface area contributed by atoms with Crippen LogP contribution in [-0.2, 0) is 16.0 Å². The van der Waals surface area contributed by atoms with Gasteiger partial charge in [0.15, 0.2) is 11.5 Å². The molecule has 0 saturated carbocycles. The number of hydrogen-bond donors (Lipinski definition) is 3. The number of rotatable bonds is 9. The minimum Gasteiger partial charge on any atom is -0.493 e. The lowest BCUT2D eigenvalue weighted by Gasteiger charge is -2.35. The van der Waals surface area contributed by atoms with Crippen LogP contribution in [0.4, 0.5) is 0 Å². The van der Waals surface area contributed by atoms with E-state index in [0.29, 0.717) is 24.5 Å². The van der Waals surface area contributed by atoms with Crippen LogP contribution in [0.1, 0.15) is 33.3 Å². The molecule has 0 aliphatic rings. The van der Waals surface area contributed by atoms with E-state index in [-0.39, 0.29) is 5.91 Å². The first kappa shape index (κ1) is 22.8. The Morgan fingerprint density at radius 1 is 1.19 bits per heavy atom. The van der Waals surface area contributed by atoms with Crippen molar-refractivity contribution in [2.24, 2.45) is 23.0 Å². The van der Waals surface area contributed by atoms with E-state index in [4.69, 9.17) is 15.2 Å². The van der Waals surface area contributed by atoms with Gasteiger partial charge in [0.2, 0.25) is 5.91 Å². The van der Waals surface area contributed by atoms with E-state index in [0.717, 1.165) is 5.56 Å². The summed E-state index contributed by atoms with van der Waals surface area (Å²) in [6.07, 6.45) is 0.613. The summed E-state index contributed by atoms with van der Waals surface area (Å²) in [7, 11) is 3.15. The number of amides is 1. The number of carboxylic acid groups (broad SMARTS) is 1. The first-order valence-corrected chi connectivity index (χ1v) is 9.00. The molecule has 3 unspecified atom stereocenters. The smallest absolute Gasteiger partial charge is 0.320 e. The molecule has 27 heavy (non-hydrogen) atoms. The summed E-state index contributed by atoms with van der Waals surface area (Å²) in [5.74, 6) is -1.02. The topological polar surface area (TPSA) is 111 Å². The third-order valence-corrected chi connectivity index (χ3v) is 4.75. The zero-order valence-electron chi connectivity index (χ0n) is 17.0. The van der Waals surface area contributed by atoms with Gasteiger partial charge in [0.05, 0.1) is 14.2 Å². The van der Waals surface area contributed by atoms with Crippen molar-refractivity contribution in [3.8, 4) is 11.5 Å². The molecule has 152 valence electrons. The Kier molecular flexibility index (Phi) is 8.09. The Hall–Kier alpha value is -2.28. The molecule has 1 rings (SSSR count). The quantitative estimate of drug-likeness (QED) is 0.605. The molecule has 0 bridgehead atoms. The van der Waals surface area contributed by atoms with Crippen LogP contribution in [0.3, 0.4) is 0 Å². The second-order valence-corrected chi connectivity index (χ2v) is 7.80. The zero-order chi connectivity index (χ0) is 20.8. The molecule has 3 atom stereocenters. The van der Waals surface area contributed by atoms with Crippen molar-refractivity contribution in [1.29, 1.82) is 0 Å². The van der Waals surface area contributed by atoms with Gasteiger partial charge in [-0.05, 0) is 35.4 Å². The van der Waals surface area contributed by atoms with Gasteiger partial charge in [-0.25, -0.2) is 0 Å². The summed E-state index contributed by atoms with van der Waals surface area (Å²) >= 11 is 0. The molecular weight excluding hydrogens is 348 g/mol. The van der Waals surface area contributed by atoms with E-state index >= 15 is 0 Å². The van der Waals surface area contributed by atoms with Crippen molar-refractivity contribution in [3.63, 3.8) is 0 Å². The first-order chi connectivity index (χ1) is 12.5. The molecular formula is C20H32N2O5. The van der Waals surface area contributed by atoms with Crippen LogP contribution in [0.5, 0.6) is 11.5 Å². The molecule has 0 saturated heterocycles. The molecule has 0 spiro atoms. The monoisotopic (exact) mass is 380 g/mol. The molecule has 0 fully saturated rings. The van der Waals surface area contributed by atoms with Crippen molar-refractivity contribution in [3.05, 3.63) is 23.8 Å². The van der Waals surface area contributed by atoms with Crippen LogP contribution < -0.4 is 20.5 Å². The maximum atomic E-state index is 12.8. The molecule has 0 aromatic heterocycles. The summed E-state index contributed by atoms with van der Waals surface area (Å²) < 4.78 is 10.5. The summed E-state index contributed by atoms with van der Waals surface area (Å²) in [6.45, 7) is 7.88. The third kappa shape index (κ3) is 6.13.